The maximum atomic E-state index is 12.9. The van der Waals surface area contributed by atoms with Crippen LogP contribution in [-0.2, 0) is 11.2 Å². The number of aryl methyl sites for hydroxylation is 1. The van der Waals surface area contributed by atoms with E-state index in [0.29, 0.717) is 41.6 Å². The summed E-state index contributed by atoms with van der Waals surface area (Å²) in [5.41, 5.74) is 1.74. The van der Waals surface area contributed by atoms with Gasteiger partial charge in [-0.05, 0) is 37.0 Å². The Morgan fingerprint density at radius 1 is 1.09 bits per heavy atom. The molecule has 0 saturated carbocycles. The number of hydrogen-bond acceptors (Lipinski definition) is 7. The van der Waals surface area contributed by atoms with Gasteiger partial charge in [-0.2, -0.15) is 0 Å². The van der Waals surface area contributed by atoms with Crippen LogP contribution >= 0.6 is 11.3 Å². The summed E-state index contributed by atoms with van der Waals surface area (Å²) in [4.78, 5) is 27.4. The summed E-state index contributed by atoms with van der Waals surface area (Å²) in [5.74, 6) is 1.02. The lowest BCUT2D eigenvalue weighted by molar-refractivity contribution is -0.132. The van der Waals surface area contributed by atoms with E-state index in [1.165, 1.54) is 11.3 Å². The van der Waals surface area contributed by atoms with E-state index in [1.807, 2.05) is 35.2 Å². The molecule has 1 fully saturated rings. The molecule has 1 saturated heterocycles. The Balaban J connectivity index is 1.23. The number of likely N-dealkylation sites (tertiary alicyclic amines) is 1. The molecule has 2 amide bonds. The smallest absolute Gasteiger partial charge is 0.286 e. The maximum Gasteiger partial charge on any atom is 0.286 e. The topological polar surface area (TPSA) is 93.7 Å². The fourth-order valence-electron chi connectivity index (χ4n) is 3.98. The summed E-state index contributed by atoms with van der Waals surface area (Å²) < 4.78 is 10.6. The average Bonchev–Trinajstić information content (AvgIpc) is 3.57. The van der Waals surface area contributed by atoms with E-state index in [2.05, 4.69) is 15.5 Å². The van der Waals surface area contributed by atoms with E-state index in [9.17, 15) is 9.59 Å². The van der Waals surface area contributed by atoms with Crippen molar-refractivity contribution < 1.29 is 19.1 Å². The standard InChI is InChI=1S/C23H22N4O4S/c28-20(11-8-15-5-2-1-3-6-15)27-12-4-7-17(27)22-25-26-23(32-22)21(29)24-16-9-10-18-19(13-16)31-14-30-18/h1-3,5-6,9-10,13,17H,4,7-8,11-12,14H2,(H,24,29)/t17-/m0/s1. The lowest BCUT2D eigenvalue weighted by Crippen LogP contribution is -2.30. The van der Waals surface area contributed by atoms with Gasteiger partial charge in [-0.15, -0.1) is 10.2 Å². The number of nitrogens with one attached hydrogen (secondary N) is 1. The molecule has 3 heterocycles. The maximum absolute atomic E-state index is 12.9. The Morgan fingerprint density at radius 2 is 1.94 bits per heavy atom. The Labute approximate surface area is 189 Å². The van der Waals surface area contributed by atoms with Gasteiger partial charge in [0.15, 0.2) is 11.5 Å². The number of carbonyl (C=O) groups excluding carboxylic acids is 2. The van der Waals surface area contributed by atoms with Gasteiger partial charge in [-0.25, -0.2) is 0 Å². The predicted octanol–water partition coefficient (Wildman–Crippen LogP) is 3.82. The van der Waals surface area contributed by atoms with Crippen molar-refractivity contribution in [2.45, 2.75) is 31.7 Å². The Kier molecular flexibility index (Phi) is 5.72. The van der Waals surface area contributed by atoms with E-state index >= 15 is 0 Å². The predicted molar refractivity (Wildman–Crippen MR) is 119 cm³/mol. The number of carbonyl (C=O) groups is 2. The Hall–Kier alpha value is -3.46. The minimum atomic E-state index is -0.340. The zero-order valence-corrected chi connectivity index (χ0v) is 18.1. The van der Waals surface area contributed by atoms with Gasteiger partial charge in [0.2, 0.25) is 17.7 Å². The lowest BCUT2D eigenvalue weighted by atomic mass is 10.1. The zero-order chi connectivity index (χ0) is 21.9. The highest BCUT2D eigenvalue weighted by Gasteiger charge is 2.33. The van der Waals surface area contributed by atoms with Crippen LogP contribution in [0.15, 0.2) is 48.5 Å². The fourth-order valence-corrected chi connectivity index (χ4v) is 4.87. The molecule has 2 aliphatic heterocycles. The Bertz CT molecular complexity index is 1130. The second-order valence-corrected chi connectivity index (χ2v) is 8.71. The van der Waals surface area contributed by atoms with E-state index in [1.54, 1.807) is 18.2 Å². The minimum absolute atomic E-state index is 0.109. The van der Waals surface area contributed by atoms with E-state index in [0.717, 1.165) is 18.4 Å². The molecule has 9 heteroatoms. The molecule has 0 spiro atoms. The SMILES string of the molecule is O=C(Nc1ccc2c(c1)OCO2)c1nnc([C@@H]2CCCN2C(=O)CCc2ccccc2)s1. The number of ether oxygens (including phenoxy) is 2. The molecule has 1 atom stereocenters. The summed E-state index contributed by atoms with van der Waals surface area (Å²) >= 11 is 1.23. The summed E-state index contributed by atoms with van der Waals surface area (Å²) in [6.45, 7) is 0.880. The number of anilines is 1. The van der Waals surface area contributed by atoms with Gasteiger partial charge in [0.05, 0.1) is 6.04 Å². The molecule has 0 radical (unpaired) electrons. The quantitative estimate of drug-likeness (QED) is 0.614. The molecule has 32 heavy (non-hydrogen) atoms. The van der Waals surface area contributed by atoms with Crippen molar-refractivity contribution in [2.24, 2.45) is 0 Å². The highest BCUT2D eigenvalue weighted by molar-refractivity contribution is 7.13. The van der Waals surface area contributed by atoms with Crippen LogP contribution in [0.5, 0.6) is 11.5 Å². The first-order valence-electron chi connectivity index (χ1n) is 10.6. The fraction of sp³-hybridized carbons (Fsp3) is 0.304. The normalized spacial score (nSPS) is 16.9. The molecule has 1 aromatic heterocycles. The monoisotopic (exact) mass is 450 g/mol. The third-order valence-electron chi connectivity index (χ3n) is 5.59. The molecule has 1 N–H and O–H groups in total. The van der Waals surface area contributed by atoms with Crippen LogP contribution in [0.25, 0.3) is 0 Å². The highest BCUT2D eigenvalue weighted by Crippen LogP contribution is 2.36. The molecule has 0 bridgehead atoms. The van der Waals surface area contributed by atoms with Crippen LogP contribution in [0.4, 0.5) is 5.69 Å². The second-order valence-electron chi connectivity index (χ2n) is 7.70. The summed E-state index contributed by atoms with van der Waals surface area (Å²) in [7, 11) is 0. The average molecular weight is 451 g/mol. The summed E-state index contributed by atoms with van der Waals surface area (Å²) in [5, 5.41) is 12.1. The lowest BCUT2D eigenvalue weighted by Gasteiger charge is -2.22. The molecule has 0 aliphatic carbocycles. The largest absolute Gasteiger partial charge is 0.454 e. The van der Waals surface area contributed by atoms with Crippen LogP contribution < -0.4 is 14.8 Å². The number of aromatic nitrogens is 2. The molecular weight excluding hydrogens is 428 g/mol. The van der Waals surface area contributed by atoms with E-state index in [4.69, 9.17) is 9.47 Å². The Morgan fingerprint density at radius 3 is 2.81 bits per heavy atom. The zero-order valence-electron chi connectivity index (χ0n) is 17.3. The number of hydrogen-bond donors (Lipinski definition) is 1. The molecule has 164 valence electrons. The molecular formula is C23H22N4O4S. The van der Waals surface area contributed by atoms with Gasteiger partial charge in [-0.1, -0.05) is 41.7 Å². The first kappa shape index (κ1) is 20.4. The summed E-state index contributed by atoms with van der Waals surface area (Å²) in [6, 6.07) is 15.1. The molecule has 3 aromatic rings. The van der Waals surface area contributed by atoms with E-state index in [-0.39, 0.29) is 29.7 Å². The van der Waals surface area contributed by atoms with Gasteiger partial charge in [0.1, 0.15) is 5.01 Å². The van der Waals surface area contributed by atoms with Crippen LogP contribution in [0.2, 0.25) is 0 Å². The number of amides is 2. The third-order valence-corrected chi connectivity index (χ3v) is 6.62. The van der Waals surface area contributed by atoms with Crippen LogP contribution in [0.1, 0.15) is 45.7 Å². The van der Waals surface area contributed by atoms with E-state index < -0.39 is 0 Å². The van der Waals surface area contributed by atoms with Gasteiger partial charge in [0.25, 0.3) is 5.91 Å². The second kappa shape index (κ2) is 8.96. The van der Waals surface area contributed by atoms with Crippen LogP contribution in [0.3, 0.4) is 0 Å². The molecule has 5 rings (SSSR count). The van der Waals surface area contributed by atoms with Crippen LogP contribution in [-0.4, -0.2) is 40.2 Å². The van der Waals surface area contributed by atoms with Crippen molar-refractivity contribution in [1.29, 1.82) is 0 Å². The van der Waals surface area contributed by atoms with Crippen molar-refractivity contribution in [3.8, 4) is 11.5 Å². The summed E-state index contributed by atoms with van der Waals surface area (Å²) in [6.07, 6.45) is 2.91. The highest BCUT2D eigenvalue weighted by atomic mass is 32.1. The number of nitrogens with zero attached hydrogens (tertiary/aromatic N) is 3. The van der Waals surface area contributed by atoms with Gasteiger partial charge in [0, 0.05) is 24.7 Å². The van der Waals surface area contributed by atoms with Crippen molar-refractivity contribution >= 4 is 28.8 Å². The first-order valence-corrected chi connectivity index (χ1v) is 11.4. The third kappa shape index (κ3) is 4.29. The van der Waals surface area contributed by atoms with Crippen molar-refractivity contribution in [3.05, 3.63) is 64.1 Å². The van der Waals surface area contributed by atoms with Gasteiger partial charge < -0.3 is 19.7 Å². The van der Waals surface area contributed by atoms with Crippen molar-refractivity contribution in [3.63, 3.8) is 0 Å². The van der Waals surface area contributed by atoms with Crippen molar-refractivity contribution in [1.82, 2.24) is 15.1 Å². The number of fused-ring (bicyclic) bond motifs is 1. The van der Waals surface area contributed by atoms with Gasteiger partial charge in [-0.3, -0.25) is 9.59 Å². The number of benzene rings is 2. The molecule has 0 unspecified atom stereocenters. The molecule has 2 aliphatic rings. The van der Waals surface area contributed by atoms with Crippen LogP contribution in [0, 0.1) is 0 Å². The minimum Gasteiger partial charge on any atom is -0.454 e. The number of rotatable bonds is 6. The molecule has 8 nitrogen and oxygen atoms in total. The van der Waals surface area contributed by atoms with Gasteiger partial charge >= 0.3 is 0 Å². The van der Waals surface area contributed by atoms with Crippen molar-refractivity contribution in [2.75, 3.05) is 18.7 Å². The first-order chi connectivity index (χ1) is 15.7. The molecule has 2 aromatic carbocycles.